The molecule has 15 aromatic carbocycles. The zero-order valence-corrected chi connectivity index (χ0v) is 46.2. The van der Waals surface area contributed by atoms with Crippen molar-refractivity contribution in [1.82, 2.24) is 0 Å². The Balaban J connectivity index is 0.862. The Kier molecular flexibility index (Phi) is 12.9. The van der Waals surface area contributed by atoms with Crippen molar-refractivity contribution in [2.45, 2.75) is 0 Å². The van der Waals surface area contributed by atoms with Crippen LogP contribution < -0.4 is 9.80 Å². The smallest absolute Gasteiger partial charge is 0.0546 e. The number of anilines is 5. The molecule has 2 heteroatoms. The molecule has 15 rings (SSSR count). The van der Waals surface area contributed by atoms with Crippen LogP contribution in [0.5, 0.6) is 0 Å². The summed E-state index contributed by atoms with van der Waals surface area (Å²) in [6.07, 6.45) is 4.65. The van der Waals surface area contributed by atoms with Gasteiger partial charge in [-0.15, -0.1) is 0 Å². The van der Waals surface area contributed by atoms with Gasteiger partial charge in [0.25, 0.3) is 0 Å². The van der Waals surface area contributed by atoms with Gasteiger partial charge in [0, 0.05) is 39.6 Å². The van der Waals surface area contributed by atoms with Crippen molar-refractivity contribution in [2.75, 3.05) is 9.80 Å². The highest BCUT2D eigenvalue weighted by molar-refractivity contribution is 6.23. The SMILES string of the molecule is C(=C(c1ccccc1)c1ccccc1)c1ccc(N(c2ccc(-c3ccc(N(C=C(c4ccccc4)c4ccccc4)c4cc5c6ccccc6ccc5c5ccccc45)cc3)cc2)c2cc3c4ccccc4ccc3c3ccccc23)cc1. The zero-order valence-electron chi connectivity index (χ0n) is 46.2. The first-order valence-corrected chi connectivity index (χ1v) is 28.9. The van der Waals surface area contributed by atoms with E-state index in [1.807, 2.05) is 0 Å². The van der Waals surface area contributed by atoms with Gasteiger partial charge < -0.3 is 9.80 Å². The number of rotatable bonds is 12. The molecule has 0 saturated carbocycles. The molecule has 84 heavy (non-hydrogen) atoms. The Bertz CT molecular complexity index is 4870. The molecular weight excluding hydrogens is 1010 g/mol. The molecular formula is C82H56N2. The summed E-state index contributed by atoms with van der Waals surface area (Å²) in [4.78, 5) is 4.85. The molecule has 0 aliphatic carbocycles. The Labute approximate surface area is 490 Å². The van der Waals surface area contributed by atoms with Gasteiger partial charge in [0.15, 0.2) is 0 Å². The molecule has 0 aromatic heterocycles. The molecule has 0 aliphatic rings. The lowest BCUT2D eigenvalue weighted by Crippen LogP contribution is -2.11. The Morgan fingerprint density at radius 2 is 0.583 bits per heavy atom. The van der Waals surface area contributed by atoms with Gasteiger partial charge in [-0.2, -0.15) is 0 Å². The normalized spacial score (nSPS) is 11.3. The zero-order chi connectivity index (χ0) is 55.8. The highest BCUT2D eigenvalue weighted by atomic mass is 15.1. The van der Waals surface area contributed by atoms with Gasteiger partial charge in [-0.05, 0) is 153 Å². The molecule has 2 nitrogen and oxygen atoms in total. The van der Waals surface area contributed by atoms with E-state index in [0.29, 0.717) is 0 Å². The third-order valence-corrected chi connectivity index (χ3v) is 16.7. The van der Waals surface area contributed by atoms with Crippen LogP contribution in [0.4, 0.5) is 28.4 Å². The molecule has 0 unspecified atom stereocenters. The van der Waals surface area contributed by atoms with Gasteiger partial charge in [-0.3, -0.25) is 0 Å². The average Bonchev–Trinajstić information content (AvgIpc) is 1.59. The lowest BCUT2D eigenvalue weighted by atomic mass is 9.94. The third kappa shape index (κ3) is 9.32. The van der Waals surface area contributed by atoms with E-state index in [9.17, 15) is 0 Å². The van der Waals surface area contributed by atoms with Crippen molar-refractivity contribution in [3.63, 3.8) is 0 Å². The van der Waals surface area contributed by atoms with E-state index in [-0.39, 0.29) is 0 Å². The second-order valence-electron chi connectivity index (χ2n) is 21.6. The first-order valence-electron chi connectivity index (χ1n) is 28.9. The fourth-order valence-corrected chi connectivity index (χ4v) is 12.5. The van der Waals surface area contributed by atoms with E-state index in [2.05, 4.69) is 350 Å². The average molecular weight is 1070 g/mol. The summed E-state index contributed by atoms with van der Waals surface area (Å²) in [5, 5.41) is 14.7. The Morgan fingerprint density at radius 3 is 1.05 bits per heavy atom. The predicted octanol–water partition coefficient (Wildman–Crippen LogP) is 22.6. The molecule has 0 fully saturated rings. The van der Waals surface area contributed by atoms with Gasteiger partial charge in [0.1, 0.15) is 0 Å². The number of benzene rings is 15. The summed E-state index contributed by atoms with van der Waals surface area (Å²) >= 11 is 0. The van der Waals surface area contributed by atoms with Crippen molar-refractivity contribution in [2.24, 2.45) is 0 Å². The van der Waals surface area contributed by atoms with Crippen LogP contribution in [0.1, 0.15) is 27.8 Å². The standard InChI is InChI=1S/C82H56N2/c1-5-21-60(22-6-1)77(61-23-7-2-8-24-61)53-57-37-45-67(46-38-57)84(82-55-79-70-32-16-14-30-65(70)44-52-74(79)72-34-18-20-36-76(72)82)68-49-41-59(42-50-68)58-39-47-66(48-40-58)83(56-80(62-25-9-3-10-26-62)63-27-11-4-12-28-63)81-54-78-69-31-15-13-29-64(69)43-51-73(78)71-33-17-19-35-75(71)81/h1-56H. The molecule has 0 amide bonds. The molecule has 0 bridgehead atoms. The van der Waals surface area contributed by atoms with Gasteiger partial charge >= 0.3 is 0 Å². The molecule has 0 spiro atoms. The molecule has 0 N–H and O–H groups in total. The van der Waals surface area contributed by atoms with E-state index in [1.165, 1.54) is 81.3 Å². The summed E-state index contributed by atoms with van der Waals surface area (Å²) < 4.78 is 0. The number of nitrogens with zero attached hydrogens (tertiary/aromatic N) is 2. The summed E-state index contributed by atoms with van der Waals surface area (Å²) in [5.74, 6) is 0. The Hall–Kier alpha value is -11.1. The van der Waals surface area contributed by atoms with Crippen molar-refractivity contribution in [3.05, 3.63) is 362 Å². The summed E-state index contributed by atoms with van der Waals surface area (Å²) in [5.41, 5.74) is 15.8. The molecule has 394 valence electrons. The molecule has 0 heterocycles. The van der Waals surface area contributed by atoms with Gasteiger partial charge in [-0.25, -0.2) is 0 Å². The maximum absolute atomic E-state index is 2.44. The molecule has 0 radical (unpaired) electrons. The minimum Gasteiger partial charge on any atom is -0.316 e. The first kappa shape index (κ1) is 49.9. The van der Waals surface area contributed by atoms with Crippen LogP contribution in [0.25, 0.3) is 93.0 Å². The molecule has 0 atom stereocenters. The van der Waals surface area contributed by atoms with E-state index >= 15 is 0 Å². The fraction of sp³-hybridized carbons (Fsp3) is 0. The quantitative estimate of drug-likeness (QED) is 0.0889. The maximum atomic E-state index is 2.44. The fourth-order valence-electron chi connectivity index (χ4n) is 12.5. The largest absolute Gasteiger partial charge is 0.316 e. The van der Waals surface area contributed by atoms with E-state index in [4.69, 9.17) is 0 Å². The molecule has 0 aliphatic heterocycles. The maximum Gasteiger partial charge on any atom is 0.0546 e. The van der Waals surface area contributed by atoms with Crippen LogP contribution in [0.3, 0.4) is 0 Å². The van der Waals surface area contributed by atoms with E-state index in [0.717, 1.165) is 61.8 Å². The Morgan fingerprint density at radius 1 is 0.238 bits per heavy atom. The predicted molar refractivity (Wildman–Crippen MR) is 360 cm³/mol. The van der Waals surface area contributed by atoms with Crippen LogP contribution >= 0.6 is 0 Å². The van der Waals surface area contributed by atoms with E-state index < -0.39 is 0 Å². The lowest BCUT2D eigenvalue weighted by Gasteiger charge is -2.28. The molecule has 0 saturated heterocycles. The van der Waals surface area contributed by atoms with E-state index in [1.54, 1.807) is 0 Å². The highest BCUT2D eigenvalue weighted by Gasteiger charge is 2.21. The number of hydrogen-bond acceptors (Lipinski definition) is 2. The van der Waals surface area contributed by atoms with Crippen molar-refractivity contribution in [3.8, 4) is 11.1 Å². The van der Waals surface area contributed by atoms with Gasteiger partial charge in [0.05, 0.1) is 11.4 Å². The van der Waals surface area contributed by atoms with Gasteiger partial charge in [0.2, 0.25) is 0 Å². The minimum absolute atomic E-state index is 1.06. The summed E-state index contributed by atoms with van der Waals surface area (Å²) in [7, 11) is 0. The summed E-state index contributed by atoms with van der Waals surface area (Å²) in [6, 6.07) is 119. The highest BCUT2D eigenvalue weighted by Crippen LogP contribution is 2.46. The third-order valence-electron chi connectivity index (χ3n) is 16.7. The topological polar surface area (TPSA) is 6.48 Å². The summed E-state index contributed by atoms with van der Waals surface area (Å²) in [6.45, 7) is 0. The van der Waals surface area contributed by atoms with Gasteiger partial charge in [-0.1, -0.05) is 279 Å². The van der Waals surface area contributed by atoms with Crippen LogP contribution in [0, 0.1) is 0 Å². The van der Waals surface area contributed by atoms with Crippen LogP contribution in [0.15, 0.2) is 334 Å². The second-order valence-corrected chi connectivity index (χ2v) is 21.6. The minimum atomic E-state index is 1.06. The number of fused-ring (bicyclic) bond motifs is 10. The lowest BCUT2D eigenvalue weighted by molar-refractivity contribution is 1.29. The van der Waals surface area contributed by atoms with Crippen molar-refractivity contribution < 1.29 is 0 Å². The second kappa shape index (κ2) is 21.8. The molecule has 15 aromatic rings. The monoisotopic (exact) mass is 1070 g/mol. The van der Waals surface area contributed by atoms with Crippen molar-refractivity contribution in [1.29, 1.82) is 0 Å². The first-order chi connectivity index (χ1) is 41.7. The van der Waals surface area contributed by atoms with Crippen LogP contribution in [-0.2, 0) is 0 Å². The van der Waals surface area contributed by atoms with Crippen molar-refractivity contribution >= 4 is 110 Å². The number of hydrogen-bond donors (Lipinski definition) is 0. The van der Waals surface area contributed by atoms with Crippen LogP contribution in [0.2, 0.25) is 0 Å². The van der Waals surface area contributed by atoms with Crippen LogP contribution in [-0.4, -0.2) is 0 Å².